The Kier molecular flexibility index (Phi) is 3.65. The van der Waals surface area contributed by atoms with Crippen LogP contribution in [0.1, 0.15) is 24.4 Å². The van der Waals surface area contributed by atoms with Gasteiger partial charge in [0.15, 0.2) is 5.82 Å². The van der Waals surface area contributed by atoms with Crippen LogP contribution in [0.4, 0.5) is 5.95 Å². The molecule has 1 aliphatic rings. The quantitative estimate of drug-likeness (QED) is 0.882. The summed E-state index contributed by atoms with van der Waals surface area (Å²) in [6.07, 6.45) is 1.10. The van der Waals surface area contributed by atoms with Crippen LogP contribution >= 0.6 is 23.5 Å². The molecule has 0 aliphatic carbocycles. The number of nitrogens with two attached hydrogens (primary N) is 1. The molecule has 0 amide bonds. The molecule has 102 valence electrons. The van der Waals surface area contributed by atoms with Gasteiger partial charge in [0.2, 0.25) is 11.8 Å². The van der Waals surface area contributed by atoms with E-state index in [-0.39, 0.29) is 11.2 Å². The molecule has 2 aromatic rings. The minimum atomic E-state index is 0.170. The maximum atomic E-state index is 5.46. The van der Waals surface area contributed by atoms with Crippen molar-refractivity contribution in [3.8, 4) is 11.7 Å². The van der Waals surface area contributed by atoms with Gasteiger partial charge in [-0.2, -0.15) is 21.7 Å². The van der Waals surface area contributed by atoms with E-state index < -0.39 is 0 Å². The Balaban J connectivity index is 1.84. The number of aromatic amines is 1. The van der Waals surface area contributed by atoms with Crippen LogP contribution in [0.2, 0.25) is 0 Å². The smallest absolute Gasteiger partial charge is 0.295 e. The lowest BCUT2D eigenvalue weighted by molar-refractivity contribution is 0.419. The van der Waals surface area contributed by atoms with E-state index in [2.05, 4.69) is 32.2 Å². The molecule has 2 unspecified atom stereocenters. The van der Waals surface area contributed by atoms with E-state index in [0.29, 0.717) is 17.0 Å². The summed E-state index contributed by atoms with van der Waals surface area (Å²) in [5.74, 6) is 3.95. The van der Waals surface area contributed by atoms with Crippen LogP contribution in [0.5, 0.6) is 0 Å². The highest BCUT2D eigenvalue weighted by molar-refractivity contribution is 8.06. The van der Waals surface area contributed by atoms with Crippen LogP contribution in [0.3, 0.4) is 0 Å². The van der Waals surface area contributed by atoms with Gasteiger partial charge in [0, 0.05) is 16.8 Å². The second-order valence-electron chi connectivity index (χ2n) is 4.11. The third-order valence-corrected chi connectivity index (χ3v) is 6.10. The van der Waals surface area contributed by atoms with Crippen molar-refractivity contribution in [3.05, 3.63) is 5.82 Å². The maximum absolute atomic E-state index is 5.46. The molecule has 0 radical (unpaired) electrons. The Labute approximate surface area is 118 Å². The summed E-state index contributed by atoms with van der Waals surface area (Å²) in [5, 5.41) is 11.3. The monoisotopic (exact) mass is 298 g/mol. The fourth-order valence-electron chi connectivity index (χ4n) is 1.96. The van der Waals surface area contributed by atoms with E-state index in [1.807, 2.05) is 23.5 Å². The van der Waals surface area contributed by atoms with Crippen LogP contribution in [0.25, 0.3) is 11.7 Å². The molecule has 3 heterocycles. The predicted octanol–water partition coefficient (Wildman–Crippen LogP) is 1.74. The third kappa shape index (κ3) is 2.57. The van der Waals surface area contributed by atoms with Gasteiger partial charge in [-0.15, -0.1) is 16.9 Å². The van der Waals surface area contributed by atoms with E-state index >= 15 is 0 Å². The SMILES string of the molecule is CCC1SCCSC1c1noc(-c2nc(N)n[nH]2)n1. The molecule has 19 heavy (non-hydrogen) atoms. The summed E-state index contributed by atoms with van der Waals surface area (Å²) in [5.41, 5.74) is 5.46. The summed E-state index contributed by atoms with van der Waals surface area (Å²) < 4.78 is 5.24. The lowest BCUT2D eigenvalue weighted by Crippen LogP contribution is -2.19. The number of H-pyrrole nitrogens is 1. The summed E-state index contributed by atoms with van der Waals surface area (Å²) in [4.78, 5) is 8.40. The van der Waals surface area contributed by atoms with Gasteiger partial charge in [-0.05, 0) is 6.42 Å². The fourth-order valence-corrected chi connectivity index (χ4v) is 4.94. The van der Waals surface area contributed by atoms with E-state index in [4.69, 9.17) is 10.3 Å². The number of nitrogen functional groups attached to an aromatic ring is 1. The molecule has 0 spiro atoms. The zero-order valence-electron chi connectivity index (χ0n) is 10.4. The van der Waals surface area contributed by atoms with Crippen LogP contribution < -0.4 is 5.73 Å². The van der Waals surface area contributed by atoms with Gasteiger partial charge in [-0.3, -0.25) is 5.10 Å². The highest BCUT2D eigenvalue weighted by atomic mass is 32.2. The third-order valence-electron chi connectivity index (χ3n) is 2.85. The second kappa shape index (κ2) is 5.41. The molecule has 2 atom stereocenters. The van der Waals surface area contributed by atoms with Gasteiger partial charge < -0.3 is 10.3 Å². The Morgan fingerprint density at radius 2 is 2.21 bits per heavy atom. The van der Waals surface area contributed by atoms with Crippen molar-refractivity contribution in [3.63, 3.8) is 0 Å². The van der Waals surface area contributed by atoms with Gasteiger partial charge in [-0.1, -0.05) is 12.1 Å². The van der Waals surface area contributed by atoms with Crippen molar-refractivity contribution >= 4 is 29.5 Å². The number of nitrogens with one attached hydrogen (secondary N) is 1. The van der Waals surface area contributed by atoms with Gasteiger partial charge in [0.1, 0.15) is 0 Å². The number of anilines is 1. The lowest BCUT2D eigenvalue weighted by atomic mass is 10.2. The van der Waals surface area contributed by atoms with Gasteiger partial charge in [0.05, 0.1) is 5.25 Å². The van der Waals surface area contributed by atoms with Crippen LogP contribution in [0.15, 0.2) is 4.52 Å². The van der Waals surface area contributed by atoms with Crippen LogP contribution in [-0.2, 0) is 0 Å². The van der Waals surface area contributed by atoms with Crippen molar-refractivity contribution in [2.45, 2.75) is 23.8 Å². The normalized spacial score (nSPS) is 23.6. The van der Waals surface area contributed by atoms with Crippen molar-refractivity contribution < 1.29 is 4.52 Å². The Bertz CT molecular complexity index is 556. The molecule has 3 N–H and O–H groups in total. The first kappa shape index (κ1) is 12.8. The number of hydrogen-bond acceptors (Lipinski definition) is 8. The summed E-state index contributed by atoms with van der Waals surface area (Å²) in [6.45, 7) is 2.19. The highest BCUT2D eigenvalue weighted by Gasteiger charge is 2.30. The molecule has 1 fully saturated rings. The molecule has 1 saturated heterocycles. The molecule has 2 aromatic heterocycles. The van der Waals surface area contributed by atoms with E-state index in [9.17, 15) is 0 Å². The van der Waals surface area contributed by atoms with Crippen molar-refractivity contribution in [2.24, 2.45) is 0 Å². The zero-order chi connectivity index (χ0) is 13.2. The molecule has 9 heteroatoms. The number of thioether (sulfide) groups is 2. The minimum absolute atomic E-state index is 0.170. The fraction of sp³-hybridized carbons (Fsp3) is 0.600. The molecular weight excluding hydrogens is 284 g/mol. The first-order valence-electron chi connectivity index (χ1n) is 6.03. The Hall–Kier alpha value is -1.22. The minimum Gasteiger partial charge on any atom is -0.366 e. The zero-order valence-corrected chi connectivity index (χ0v) is 12.0. The Morgan fingerprint density at radius 3 is 2.95 bits per heavy atom. The average Bonchev–Trinajstić information content (AvgIpc) is 3.07. The van der Waals surface area contributed by atoms with Crippen LogP contribution in [-0.4, -0.2) is 42.1 Å². The van der Waals surface area contributed by atoms with Gasteiger partial charge in [-0.25, -0.2) is 0 Å². The molecular formula is C10H14N6OS2. The molecule has 0 bridgehead atoms. The number of rotatable bonds is 3. The summed E-state index contributed by atoms with van der Waals surface area (Å²) >= 11 is 3.86. The topological polar surface area (TPSA) is 107 Å². The van der Waals surface area contributed by atoms with Crippen molar-refractivity contribution in [1.29, 1.82) is 0 Å². The lowest BCUT2D eigenvalue weighted by Gasteiger charge is -2.27. The number of aromatic nitrogens is 5. The first-order valence-corrected chi connectivity index (χ1v) is 8.12. The van der Waals surface area contributed by atoms with Crippen molar-refractivity contribution in [1.82, 2.24) is 25.3 Å². The van der Waals surface area contributed by atoms with Gasteiger partial charge >= 0.3 is 0 Å². The van der Waals surface area contributed by atoms with E-state index in [0.717, 1.165) is 18.0 Å². The number of nitrogens with zero attached hydrogens (tertiary/aromatic N) is 4. The highest BCUT2D eigenvalue weighted by Crippen LogP contribution is 2.43. The molecule has 1 aliphatic heterocycles. The molecule has 3 rings (SSSR count). The summed E-state index contributed by atoms with van der Waals surface area (Å²) in [6, 6.07) is 0. The average molecular weight is 298 g/mol. The molecule has 0 aromatic carbocycles. The van der Waals surface area contributed by atoms with E-state index in [1.54, 1.807) is 0 Å². The van der Waals surface area contributed by atoms with Gasteiger partial charge in [0.25, 0.3) is 5.89 Å². The summed E-state index contributed by atoms with van der Waals surface area (Å²) in [7, 11) is 0. The second-order valence-corrected chi connectivity index (χ2v) is 6.71. The first-order chi connectivity index (χ1) is 9.28. The maximum Gasteiger partial charge on any atom is 0.295 e. The standard InChI is InChI=1S/C10H14N6OS2/c1-2-5-6(19-4-3-18-5)7-12-9(17-16-7)8-13-10(11)15-14-8/h5-6H,2-4H2,1H3,(H3,11,13,14,15). The van der Waals surface area contributed by atoms with E-state index in [1.165, 1.54) is 5.75 Å². The predicted molar refractivity (Wildman–Crippen MR) is 75.8 cm³/mol. The number of hydrogen-bond donors (Lipinski definition) is 2. The Morgan fingerprint density at radius 1 is 1.37 bits per heavy atom. The largest absolute Gasteiger partial charge is 0.366 e. The molecule has 7 nitrogen and oxygen atoms in total. The van der Waals surface area contributed by atoms with Crippen molar-refractivity contribution in [2.75, 3.05) is 17.2 Å². The molecule has 0 saturated carbocycles. The van der Waals surface area contributed by atoms with Crippen LogP contribution in [0, 0.1) is 0 Å².